The highest BCUT2D eigenvalue weighted by molar-refractivity contribution is 7.92. The predicted octanol–water partition coefficient (Wildman–Crippen LogP) is 3.20. The second kappa shape index (κ2) is 6.24. The summed E-state index contributed by atoms with van der Waals surface area (Å²) in [6, 6.07) is 8.09. The predicted molar refractivity (Wildman–Crippen MR) is 87.3 cm³/mol. The molecule has 0 radical (unpaired) electrons. The number of rotatable bonds is 4. The number of aryl methyl sites for hydroxylation is 2. The first-order valence-corrected chi connectivity index (χ1v) is 9.02. The molecule has 0 spiro atoms. The van der Waals surface area contributed by atoms with Gasteiger partial charge in [-0.25, -0.2) is 17.6 Å². The number of hydrogen-bond acceptors (Lipinski definition) is 3. The Hall–Kier alpha value is -2.41. The molecule has 2 N–H and O–H groups in total. The van der Waals surface area contributed by atoms with Crippen molar-refractivity contribution in [2.24, 2.45) is 0 Å². The fourth-order valence-corrected chi connectivity index (χ4v) is 3.94. The molecule has 24 heavy (non-hydrogen) atoms. The van der Waals surface area contributed by atoms with Gasteiger partial charge in [0.1, 0.15) is 5.82 Å². The van der Waals surface area contributed by atoms with Crippen LogP contribution in [0, 0.1) is 5.82 Å². The van der Waals surface area contributed by atoms with Crippen molar-refractivity contribution in [1.82, 2.24) is 0 Å². The summed E-state index contributed by atoms with van der Waals surface area (Å²) in [4.78, 5) is 11.1. The van der Waals surface area contributed by atoms with Crippen LogP contribution < -0.4 is 4.72 Å². The Morgan fingerprint density at radius 3 is 2.46 bits per heavy atom. The Bertz CT molecular complexity index is 909. The maximum absolute atomic E-state index is 13.4. The van der Waals surface area contributed by atoms with Crippen LogP contribution in [0.15, 0.2) is 41.3 Å². The first kappa shape index (κ1) is 16.4. The van der Waals surface area contributed by atoms with Gasteiger partial charge in [0, 0.05) is 5.69 Å². The maximum atomic E-state index is 13.4. The zero-order valence-corrected chi connectivity index (χ0v) is 13.6. The molecule has 5 nitrogen and oxygen atoms in total. The van der Waals surface area contributed by atoms with E-state index in [2.05, 4.69) is 4.72 Å². The molecule has 0 atom stereocenters. The Labute approximate surface area is 139 Å². The van der Waals surface area contributed by atoms with Crippen LogP contribution in [0.4, 0.5) is 10.1 Å². The lowest BCUT2D eigenvalue weighted by atomic mass is 9.92. The van der Waals surface area contributed by atoms with Crippen LogP contribution in [0.3, 0.4) is 0 Å². The molecule has 0 saturated heterocycles. The van der Waals surface area contributed by atoms with Crippen molar-refractivity contribution >= 4 is 21.7 Å². The van der Waals surface area contributed by atoms with Crippen LogP contribution >= 0.6 is 0 Å². The molecule has 0 aromatic heterocycles. The van der Waals surface area contributed by atoms with E-state index in [-0.39, 0.29) is 10.6 Å². The second-order valence-electron chi connectivity index (χ2n) is 5.74. The number of fused-ring (bicyclic) bond motifs is 1. The third-order valence-corrected chi connectivity index (χ3v) is 5.46. The van der Waals surface area contributed by atoms with E-state index in [0.29, 0.717) is 0 Å². The van der Waals surface area contributed by atoms with Crippen LogP contribution in [0.5, 0.6) is 0 Å². The van der Waals surface area contributed by atoms with Gasteiger partial charge in [0.15, 0.2) is 0 Å². The van der Waals surface area contributed by atoms with E-state index in [0.717, 1.165) is 48.9 Å². The van der Waals surface area contributed by atoms with Crippen LogP contribution in [0.1, 0.15) is 34.3 Å². The lowest BCUT2D eigenvalue weighted by Crippen LogP contribution is -2.15. The van der Waals surface area contributed by atoms with Gasteiger partial charge < -0.3 is 5.11 Å². The van der Waals surface area contributed by atoms with Gasteiger partial charge >= 0.3 is 5.97 Å². The van der Waals surface area contributed by atoms with Crippen molar-refractivity contribution in [2.75, 3.05) is 4.72 Å². The van der Waals surface area contributed by atoms with Gasteiger partial charge in [0.05, 0.1) is 10.5 Å². The fraction of sp³-hybridized carbons (Fsp3) is 0.235. The van der Waals surface area contributed by atoms with Gasteiger partial charge in [-0.3, -0.25) is 4.72 Å². The number of carbonyl (C=O) groups is 1. The van der Waals surface area contributed by atoms with E-state index in [1.165, 1.54) is 12.1 Å². The Morgan fingerprint density at radius 2 is 1.75 bits per heavy atom. The van der Waals surface area contributed by atoms with E-state index in [9.17, 15) is 17.6 Å². The van der Waals surface area contributed by atoms with E-state index >= 15 is 0 Å². The third kappa shape index (κ3) is 3.26. The number of carboxylic acids is 1. The fourth-order valence-electron chi connectivity index (χ4n) is 2.84. The number of aromatic carboxylic acids is 1. The van der Waals surface area contributed by atoms with E-state index < -0.39 is 27.4 Å². The molecule has 0 heterocycles. The minimum Gasteiger partial charge on any atom is -0.478 e. The van der Waals surface area contributed by atoms with Crippen LogP contribution in [0.2, 0.25) is 0 Å². The first-order chi connectivity index (χ1) is 11.4. The van der Waals surface area contributed by atoms with E-state index in [1.807, 2.05) is 6.07 Å². The lowest BCUT2D eigenvalue weighted by Gasteiger charge is -2.17. The standard InChI is InChI=1S/C17H16FNO4S/c18-16-8-6-13(10-15(16)17(20)21)19-24(22,23)14-7-5-11-3-1-2-4-12(11)9-14/h5-10,19H,1-4H2,(H,20,21). The number of nitrogens with one attached hydrogen (secondary N) is 1. The Balaban J connectivity index is 1.92. The number of carboxylic acid groups (broad SMARTS) is 1. The Kier molecular flexibility index (Phi) is 4.28. The highest BCUT2D eigenvalue weighted by Gasteiger charge is 2.19. The summed E-state index contributed by atoms with van der Waals surface area (Å²) in [5, 5.41) is 8.92. The first-order valence-electron chi connectivity index (χ1n) is 7.54. The van der Waals surface area contributed by atoms with Crippen molar-refractivity contribution in [2.45, 2.75) is 30.6 Å². The highest BCUT2D eigenvalue weighted by atomic mass is 32.2. The van der Waals surface area contributed by atoms with Gasteiger partial charge in [-0.15, -0.1) is 0 Å². The van der Waals surface area contributed by atoms with Crippen molar-refractivity contribution < 1.29 is 22.7 Å². The molecule has 0 unspecified atom stereocenters. The van der Waals surface area contributed by atoms with E-state index in [4.69, 9.17) is 5.11 Å². The van der Waals surface area contributed by atoms with Crippen LogP contribution in [0.25, 0.3) is 0 Å². The summed E-state index contributed by atoms with van der Waals surface area (Å²) < 4.78 is 40.7. The van der Waals surface area contributed by atoms with Gasteiger partial charge in [-0.2, -0.15) is 0 Å². The minimum absolute atomic E-state index is 0.00604. The summed E-state index contributed by atoms with van der Waals surface area (Å²) >= 11 is 0. The molecule has 1 aliphatic carbocycles. The van der Waals surface area contributed by atoms with Crippen molar-refractivity contribution in [1.29, 1.82) is 0 Å². The number of sulfonamides is 1. The smallest absolute Gasteiger partial charge is 0.338 e. The average Bonchev–Trinajstić information content (AvgIpc) is 2.55. The Morgan fingerprint density at radius 1 is 1.04 bits per heavy atom. The van der Waals surface area contributed by atoms with Crippen molar-refractivity contribution in [3.8, 4) is 0 Å². The summed E-state index contributed by atoms with van der Waals surface area (Å²) in [7, 11) is -3.87. The maximum Gasteiger partial charge on any atom is 0.338 e. The molecule has 0 bridgehead atoms. The molecule has 0 amide bonds. The molecular formula is C17H16FNO4S. The monoisotopic (exact) mass is 349 g/mol. The van der Waals surface area contributed by atoms with Gasteiger partial charge in [-0.1, -0.05) is 6.07 Å². The van der Waals surface area contributed by atoms with E-state index in [1.54, 1.807) is 6.07 Å². The van der Waals surface area contributed by atoms with Gasteiger partial charge in [-0.05, 0) is 67.1 Å². The molecule has 126 valence electrons. The quantitative estimate of drug-likeness (QED) is 0.888. The third-order valence-electron chi connectivity index (χ3n) is 4.08. The number of anilines is 1. The molecule has 2 aromatic carbocycles. The SMILES string of the molecule is O=C(O)c1cc(NS(=O)(=O)c2ccc3c(c2)CCCC3)ccc1F. The second-order valence-corrected chi connectivity index (χ2v) is 7.43. The van der Waals surface area contributed by atoms with Crippen molar-refractivity contribution in [3.05, 3.63) is 58.9 Å². The van der Waals surface area contributed by atoms with Crippen molar-refractivity contribution in [3.63, 3.8) is 0 Å². The summed E-state index contributed by atoms with van der Waals surface area (Å²) in [6.45, 7) is 0. The molecule has 3 rings (SSSR count). The topological polar surface area (TPSA) is 83.5 Å². The molecule has 7 heteroatoms. The molecule has 0 fully saturated rings. The summed E-state index contributed by atoms with van der Waals surface area (Å²) in [5.41, 5.74) is 1.61. The average molecular weight is 349 g/mol. The summed E-state index contributed by atoms with van der Waals surface area (Å²) in [6.07, 6.45) is 3.93. The highest BCUT2D eigenvalue weighted by Crippen LogP contribution is 2.25. The lowest BCUT2D eigenvalue weighted by molar-refractivity contribution is 0.0692. The van der Waals surface area contributed by atoms with Gasteiger partial charge in [0.2, 0.25) is 0 Å². The van der Waals surface area contributed by atoms with Crippen LogP contribution in [-0.2, 0) is 22.9 Å². The largest absolute Gasteiger partial charge is 0.478 e. The molecule has 0 aliphatic heterocycles. The number of hydrogen-bond donors (Lipinski definition) is 2. The number of halogens is 1. The zero-order valence-electron chi connectivity index (χ0n) is 12.8. The summed E-state index contributed by atoms with van der Waals surface area (Å²) in [5.74, 6) is -2.37. The zero-order chi connectivity index (χ0) is 17.3. The normalized spacial score (nSPS) is 14.0. The van der Waals surface area contributed by atoms with Gasteiger partial charge in [0.25, 0.3) is 10.0 Å². The molecule has 2 aromatic rings. The molecule has 0 saturated carbocycles. The minimum atomic E-state index is -3.87. The molecule has 1 aliphatic rings. The molecular weight excluding hydrogens is 333 g/mol. The van der Waals surface area contributed by atoms with Crippen LogP contribution in [-0.4, -0.2) is 19.5 Å². The number of benzene rings is 2.